The minimum atomic E-state index is 0.731. The summed E-state index contributed by atoms with van der Waals surface area (Å²) in [7, 11) is 0. The third-order valence-corrected chi connectivity index (χ3v) is 2.69. The molecule has 2 aromatic rings. The zero-order valence-electron chi connectivity index (χ0n) is 10.3. The molecule has 0 saturated carbocycles. The molecule has 2 heteroatoms. The molecule has 0 fully saturated rings. The van der Waals surface area contributed by atoms with Gasteiger partial charge in [-0.3, -0.25) is 9.78 Å². The van der Waals surface area contributed by atoms with E-state index in [-0.39, 0.29) is 0 Å². The summed E-state index contributed by atoms with van der Waals surface area (Å²) in [5.74, 6) is 0. The van der Waals surface area contributed by atoms with Gasteiger partial charge >= 0.3 is 0 Å². The lowest BCUT2D eigenvalue weighted by Crippen LogP contribution is -1.88. The Morgan fingerprint density at radius 2 is 1.94 bits per heavy atom. The van der Waals surface area contributed by atoms with Crippen LogP contribution in [0, 0.1) is 0 Å². The minimum Gasteiger partial charge on any atom is -0.298 e. The molecule has 0 saturated heterocycles. The van der Waals surface area contributed by atoms with Crippen LogP contribution >= 0.6 is 0 Å². The summed E-state index contributed by atoms with van der Waals surface area (Å²) in [6.45, 7) is 1.80. The smallest absolute Gasteiger partial charge is 0.145 e. The van der Waals surface area contributed by atoms with Crippen LogP contribution in [0.25, 0.3) is 6.08 Å². The highest BCUT2D eigenvalue weighted by atomic mass is 16.1. The molecule has 2 nitrogen and oxygen atoms in total. The molecule has 0 radical (unpaired) electrons. The number of benzene rings is 1. The summed E-state index contributed by atoms with van der Waals surface area (Å²) in [5.41, 5.74) is 4.22. The van der Waals surface area contributed by atoms with Crippen LogP contribution in [0.5, 0.6) is 0 Å². The molecule has 0 bridgehead atoms. The number of hydrogen-bond donors (Lipinski definition) is 0. The van der Waals surface area contributed by atoms with Gasteiger partial charge in [0, 0.05) is 12.4 Å². The van der Waals surface area contributed by atoms with Crippen LogP contribution in [0.4, 0.5) is 0 Å². The van der Waals surface area contributed by atoms with E-state index in [1.807, 2.05) is 30.5 Å². The largest absolute Gasteiger partial charge is 0.298 e. The van der Waals surface area contributed by atoms with E-state index in [4.69, 9.17) is 0 Å². The van der Waals surface area contributed by atoms with Gasteiger partial charge in [0.25, 0.3) is 0 Å². The lowest BCUT2D eigenvalue weighted by atomic mass is 10.0. The summed E-state index contributed by atoms with van der Waals surface area (Å²) in [5, 5.41) is 0. The number of aldehydes is 1. The Hall–Kier alpha value is -2.22. The molecule has 0 atom stereocenters. The van der Waals surface area contributed by atoms with Crippen molar-refractivity contribution >= 4 is 12.4 Å². The lowest BCUT2D eigenvalue weighted by Gasteiger charge is -2.02. The highest BCUT2D eigenvalue weighted by Gasteiger charge is 1.96. The van der Waals surface area contributed by atoms with Gasteiger partial charge in [-0.1, -0.05) is 30.3 Å². The van der Waals surface area contributed by atoms with Crippen LogP contribution in [0.2, 0.25) is 0 Å². The summed E-state index contributed by atoms with van der Waals surface area (Å²) < 4.78 is 0. The van der Waals surface area contributed by atoms with Crippen molar-refractivity contribution < 1.29 is 4.79 Å². The molecule has 1 heterocycles. The van der Waals surface area contributed by atoms with Crippen LogP contribution < -0.4 is 0 Å². The van der Waals surface area contributed by atoms with Gasteiger partial charge < -0.3 is 0 Å². The Morgan fingerprint density at radius 1 is 1.17 bits per heavy atom. The first-order valence-electron chi connectivity index (χ1n) is 5.89. The first-order valence-corrected chi connectivity index (χ1v) is 5.89. The van der Waals surface area contributed by atoms with Crippen LogP contribution in [-0.2, 0) is 11.2 Å². The molecule has 0 unspecified atom stereocenters. The molecular formula is C16H15NO. The predicted octanol–water partition coefficient (Wildman–Crippen LogP) is 3.27. The van der Waals surface area contributed by atoms with Gasteiger partial charge in [-0.15, -0.1) is 0 Å². The van der Waals surface area contributed by atoms with Crippen molar-refractivity contribution in [2.24, 2.45) is 0 Å². The summed E-state index contributed by atoms with van der Waals surface area (Å²) in [4.78, 5) is 14.6. The fraction of sp³-hybridized carbons (Fsp3) is 0.125. The molecule has 0 aliphatic heterocycles. The first kappa shape index (κ1) is 12.2. The zero-order valence-corrected chi connectivity index (χ0v) is 10.3. The maximum Gasteiger partial charge on any atom is 0.145 e. The second-order valence-corrected chi connectivity index (χ2v) is 4.29. The van der Waals surface area contributed by atoms with Gasteiger partial charge in [-0.2, -0.15) is 0 Å². The average Bonchev–Trinajstić information content (AvgIpc) is 2.42. The molecule has 0 amide bonds. The maximum absolute atomic E-state index is 10.5. The van der Waals surface area contributed by atoms with Gasteiger partial charge in [-0.25, -0.2) is 0 Å². The van der Waals surface area contributed by atoms with Crippen LogP contribution in [0.3, 0.4) is 0 Å². The monoisotopic (exact) mass is 237 g/mol. The van der Waals surface area contributed by atoms with Crippen LogP contribution in [0.1, 0.15) is 23.6 Å². The molecule has 0 N–H and O–H groups in total. The summed E-state index contributed by atoms with van der Waals surface area (Å²) >= 11 is 0. The number of pyridine rings is 1. The maximum atomic E-state index is 10.5. The van der Waals surface area contributed by atoms with Crippen LogP contribution in [-0.4, -0.2) is 11.3 Å². The first-order chi connectivity index (χ1) is 8.78. The lowest BCUT2D eigenvalue weighted by molar-refractivity contribution is -0.104. The highest BCUT2D eigenvalue weighted by molar-refractivity contribution is 5.80. The fourth-order valence-corrected chi connectivity index (χ4v) is 1.77. The summed E-state index contributed by atoms with van der Waals surface area (Å²) in [6.07, 6.45) is 7.28. The third kappa shape index (κ3) is 3.39. The molecular weight excluding hydrogens is 222 g/mol. The Labute approximate surface area is 107 Å². The van der Waals surface area contributed by atoms with Crippen molar-refractivity contribution in [3.8, 4) is 0 Å². The molecule has 1 aromatic heterocycles. The fourth-order valence-electron chi connectivity index (χ4n) is 1.77. The van der Waals surface area contributed by atoms with Crippen molar-refractivity contribution in [3.05, 3.63) is 71.1 Å². The van der Waals surface area contributed by atoms with E-state index in [2.05, 4.69) is 23.2 Å². The van der Waals surface area contributed by atoms with Crippen molar-refractivity contribution in [1.29, 1.82) is 0 Å². The number of carbonyl (C=O) groups excluding carboxylic acids is 1. The van der Waals surface area contributed by atoms with Gasteiger partial charge in [0.15, 0.2) is 0 Å². The molecule has 0 aliphatic carbocycles. The van der Waals surface area contributed by atoms with Gasteiger partial charge in [-0.05, 0) is 47.8 Å². The van der Waals surface area contributed by atoms with E-state index in [0.717, 1.165) is 23.8 Å². The Kier molecular flexibility index (Phi) is 4.02. The number of nitrogens with zero attached hydrogens (tertiary/aromatic N) is 1. The van der Waals surface area contributed by atoms with E-state index in [9.17, 15) is 4.79 Å². The molecule has 18 heavy (non-hydrogen) atoms. The van der Waals surface area contributed by atoms with Crippen molar-refractivity contribution in [3.63, 3.8) is 0 Å². The standard InChI is InChI=1S/C16H15NO/c1-13(12-18)9-14-4-6-15(7-5-14)10-16-3-2-8-17-11-16/h2-9,11-12H,10H2,1H3/b13-9+. The van der Waals surface area contributed by atoms with Crippen molar-refractivity contribution in [1.82, 2.24) is 4.98 Å². The topological polar surface area (TPSA) is 30.0 Å². The minimum absolute atomic E-state index is 0.731. The number of hydrogen-bond acceptors (Lipinski definition) is 2. The van der Waals surface area contributed by atoms with E-state index >= 15 is 0 Å². The predicted molar refractivity (Wildman–Crippen MR) is 73.2 cm³/mol. The van der Waals surface area contributed by atoms with E-state index in [1.165, 1.54) is 11.1 Å². The Morgan fingerprint density at radius 3 is 2.56 bits per heavy atom. The SMILES string of the molecule is C/C(C=O)=C\c1ccc(Cc2cccnc2)cc1. The second kappa shape index (κ2) is 5.92. The zero-order chi connectivity index (χ0) is 12.8. The Bertz CT molecular complexity index is 541. The third-order valence-electron chi connectivity index (χ3n) is 2.69. The molecule has 1 aromatic carbocycles. The normalized spacial score (nSPS) is 11.3. The van der Waals surface area contributed by atoms with Crippen molar-refractivity contribution in [2.75, 3.05) is 0 Å². The second-order valence-electron chi connectivity index (χ2n) is 4.29. The average molecular weight is 237 g/mol. The number of allylic oxidation sites excluding steroid dienone is 1. The van der Waals surface area contributed by atoms with Crippen molar-refractivity contribution in [2.45, 2.75) is 13.3 Å². The number of rotatable bonds is 4. The van der Waals surface area contributed by atoms with E-state index in [0.29, 0.717) is 0 Å². The molecule has 0 spiro atoms. The molecule has 90 valence electrons. The quantitative estimate of drug-likeness (QED) is 0.603. The van der Waals surface area contributed by atoms with E-state index in [1.54, 1.807) is 13.1 Å². The van der Waals surface area contributed by atoms with Gasteiger partial charge in [0.05, 0.1) is 0 Å². The molecule has 2 rings (SSSR count). The van der Waals surface area contributed by atoms with E-state index < -0.39 is 0 Å². The van der Waals surface area contributed by atoms with Gasteiger partial charge in [0.1, 0.15) is 6.29 Å². The number of aromatic nitrogens is 1. The molecule has 0 aliphatic rings. The highest BCUT2D eigenvalue weighted by Crippen LogP contribution is 2.11. The summed E-state index contributed by atoms with van der Waals surface area (Å²) in [6, 6.07) is 12.2. The Balaban J connectivity index is 2.11. The van der Waals surface area contributed by atoms with Gasteiger partial charge in [0.2, 0.25) is 0 Å². The van der Waals surface area contributed by atoms with Crippen LogP contribution in [0.15, 0.2) is 54.4 Å². The number of carbonyl (C=O) groups is 1.